The molecule has 1 N–H and O–H groups in total. The third-order valence-electron chi connectivity index (χ3n) is 6.99. The van der Waals surface area contributed by atoms with E-state index in [4.69, 9.17) is 4.84 Å². The fourth-order valence-electron chi connectivity index (χ4n) is 5.01. The molecule has 1 aromatic rings. The van der Waals surface area contributed by atoms with Gasteiger partial charge in [-0.1, -0.05) is 30.3 Å². The molecule has 0 spiro atoms. The van der Waals surface area contributed by atoms with Crippen LogP contribution in [0.3, 0.4) is 0 Å². The van der Waals surface area contributed by atoms with Crippen molar-refractivity contribution >= 4 is 11.9 Å². The van der Waals surface area contributed by atoms with Gasteiger partial charge in [-0.25, -0.2) is 4.79 Å². The number of likely N-dealkylation sites (tertiary alicyclic amines) is 1. The summed E-state index contributed by atoms with van der Waals surface area (Å²) in [5, 5.41) is 4.73. The number of carbonyl (C=O) groups is 2. The molecule has 4 fully saturated rings. The van der Waals surface area contributed by atoms with Crippen LogP contribution >= 0.6 is 0 Å². The number of hydrogen-bond donors (Lipinski definition) is 1. The Balaban J connectivity index is 1.12. The van der Waals surface area contributed by atoms with E-state index in [0.29, 0.717) is 19.6 Å². The molecule has 3 amide bonds. The minimum atomic E-state index is -0.372. The Morgan fingerprint density at radius 1 is 1.03 bits per heavy atom. The van der Waals surface area contributed by atoms with E-state index in [1.165, 1.54) is 24.4 Å². The zero-order chi connectivity index (χ0) is 20.5. The summed E-state index contributed by atoms with van der Waals surface area (Å²) in [5.41, 5.74) is 1.03. The second kappa shape index (κ2) is 8.55. The molecule has 4 aliphatic rings. The first-order valence-electron chi connectivity index (χ1n) is 11.5. The number of rotatable bonds is 7. The number of hydrogen-bond acceptors (Lipinski definition) is 4. The normalized spacial score (nSPS) is 27.5. The van der Waals surface area contributed by atoms with Gasteiger partial charge in [0.2, 0.25) is 5.91 Å². The predicted molar refractivity (Wildman–Crippen MR) is 112 cm³/mol. The summed E-state index contributed by atoms with van der Waals surface area (Å²) >= 11 is 0. The summed E-state index contributed by atoms with van der Waals surface area (Å²) in [4.78, 5) is 36.0. The van der Waals surface area contributed by atoms with Gasteiger partial charge in [-0.3, -0.25) is 9.63 Å². The number of nitrogens with one attached hydrogen (secondary N) is 1. The molecule has 30 heavy (non-hydrogen) atoms. The monoisotopic (exact) mass is 412 g/mol. The van der Waals surface area contributed by atoms with Crippen LogP contribution in [0.15, 0.2) is 30.3 Å². The smallest absolute Gasteiger partial charge is 0.345 e. The minimum Gasteiger partial charge on any atom is -0.351 e. The van der Waals surface area contributed by atoms with Gasteiger partial charge in [-0.15, -0.1) is 0 Å². The highest BCUT2D eigenvalue weighted by atomic mass is 16.7. The van der Waals surface area contributed by atoms with Crippen molar-refractivity contribution in [1.29, 1.82) is 0 Å². The second-order valence-corrected chi connectivity index (χ2v) is 9.29. The lowest BCUT2D eigenvalue weighted by molar-refractivity contribution is -0.140. The van der Waals surface area contributed by atoms with Gasteiger partial charge < -0.3 is 15.1 Å². The number of fused-ring (bicyclic) bond motifs is 2. The molecule has 2 bridgehead atoms. The quantitative estimate of drug-likeness (QED) is 0.747. The van der Waals surface area contributed by atoms with Crippen LogP contribution < -0.4 is 5.32 Å². The van der Waals surface area contributed by atoms with Crippen LogP contribution in [0.25, 0.3) is 0 Å². The van der Waals surface area contributed by atoms with Gasteiger partial charge in [0, 0.05) is 32.2 Å². The largest absolute Gasteiger partial charge is 0.351 e. The Morgan fingerprint density at radius 2 is 1.80 bits per heavy atom. The molecule has 0 aromatic heterocycles. The maximum absolute atomic E-state index is 13.0. The van der Waals surface area contributed by atoms with Gasteiger partial charge >= 0.3 is 6.03 Å². The molecule has 7 heteroatoms. The first-order valence-corrected chi connectivity index (χ1v) is 11.5. The van der Waals surface area contributed by atoms with Crippen LogP contribution in [0.2, 0.25) is 0 Å². The highest BCUT2D eigenvalue weighted by molar-refractivity contribution is 5.88. The maximum atomic E-state index is 13.0. The van der Waals surface area contributed by atoms with E-state index < -0.39 is 0 Å². The molecule has 3 aliphatic heterocycles. The van der Waals surface area contributed by atoms with Crippen LogP contribution in [-0.2, 0) is 16.2 Å². The average molecular weight is 413 g/mol. The van der Waals surface area contributed by atoms with Gasteiger partial charge in [0.1, 0.15) is 12.6 Å². The zero-order valence-electron chi connectivity index (χ0n) is 17.5. The van der Waals surface area contributed by atoms with Gasteiger partial charge in [0.25, 0.3) is 0 Å². The molecule has 162 valence electrons. The third-order valence-corrected chi connectivity index (χ3v) is 6.99. The molecule has 2 atom stereocenters. The molecule has 0 unspecified atom stereocenters. The molecule has 1 aromatic carbocycles. The van der Waals surface area contributed by atoms with Crippen LogP contribution in [-0.4, -0.2) is 71.1 Å². The molecule has 1 saturated carbocycles. The first kappa shape index (κ1) is 19.8. The van der Waals surface area contributed by atoms with E-state index in [1.54, 1.807) is 4.90 Å². The van der Waals surface area contributed by atoms with Crippen LogP contribution in [0.1, 0.15) is 44.1 Å². The van der Waals surface area contributed by atoms with Crippen molar-refractivity contribution in [3.05, 3.63) is 35.9 Å². The molecule has 5 rings (SSSR count). The number of nitrogens with zero attached hydrogens (tertiary/aromatic N) is 3. The fourth-order valence-corrected chi connectivity index (χ4v) is 5.01. The van der Waals surface area contributed by atoms with Gasteiger partial charge in [0.05, 0.1) is 6.04 Å². The third kappa shape index (κ3) is 4.32. The lowest BCUT2D eigenvalue weighted by Gasteiger charge is -2.35. The van der Waals surface area contributed by atoms with Crippen molar-refractivity contribution in [3.8, 4) is 0 Å². The minimum absolute atomic E-state index is 0.00681. The Kier molecular flexibility index (Phi) is 5.65. The summed E-state index contributed by atoms with van der Waals surface area (Å²) < 4.78 is 0. The molecular formula is C23H32N4O3. The summed E-state index contributed by atoms with van der Waals surface area (Å²) in [7, 11) is 0. The maximum Gasteiger partial charge on any atom is 0.345 e. The summed E-state index contributed by atoms with van der Waals surface area (Å²) in [6.07, 6.45) is 6.29. The van der Waals surface area contributed by atoms with Crippen molar-refractivity contribution in [1.82, 2.24) is 20.2 Å². The van der Waals surface area contributed by atoms with Crippen LogP contribution in [0, 0.1) is 5.92 Å². The summed E-state index contributed by atoms with van der Waals surface area (Å²) in [6, 6.07) is 9.58. The van der Waals surface area contributed by atoms with Crippen LogP contribution in [0.5, 0.6) is 0 Å². The fraction of sp³-hybridized carbons (Fsp3) is 0.652. The lowest BCUT2D eigenvalue weighted by atomic mass is 9.98. The van der Waals surface area contributed by atoms with E-state index in [-0.39, 0.29) is 30.1 Å². The zero-order valence-corrected chi connectivity index (χ0v) is 17.5. The van der Waals surface area contributed by atoms with Crippen molar-refractivity contribution < 1.29 is 14.4 Å². The SMILES string of the molecule is O=C(NC1CCN(CC2CC2)CC1)[C@@H]1CC[C@@H]2CN1C(=O)N2OCc1ccccc1. The van der Waals surface area contributed by atoms with Gasteiger partial charge in [-0.05, 0) is 50.0 Å². The molecule has 3 saturated heterocycles. The Labute approximate surface area is 178 Å². The van der Waals surface area contributed by atoms with Gasteiger partial charge in [0.15, 0.2) is 0 Å². The lowest BCUT2D eigenvalue weighted by Crippen LogP contribution is -2.53. The summed E-state index contributed by atoms with van der Waals surface area (Å²) in [6.45, 7) is 4.31. The number of hydroxylamine groups is 2. The standard InChI is InChI=1S/C23H32N4O3/c28-22(24-19-10-12-25(13-11-19)14-17-6-7-17)21-9-8-20-15-26(21)23(29)27(20)30-16-18-4-2-1-3-5-18/h1-5,17,19-21H,6-16H2,(H,24,28)/t20-,21+/m1/s1. The van der Waals surface area contributed by atoms with E-state index >= 15 is 0 Å². The molecular weight excluding hydrogens is 380 g/mol. The molecule has 3 heterocycles. The predicted octanol–water partition coefficient (Wildman–Crippen LogP) is 2.38. The Morgan fingerprint density at radius 3 is 2.53 bits per heavy atom. The Bertz CT molecular complexity index is 761. The molecule has 7 nitrogen and oxygen atoms in total. The topological polar surface area (TPSA) is 65.1 Å². The van der Waals surface area contributed by atoms with E-state index in [9.17, 15) is 9.59 Å². The number of piperidine rings is 2. The average Bonchev–Trinajstić information content (AvgIpc) is 3.56. The van der Waals surface area contributed by atoms with Gasteiger partial charge in [-0.2, -0.15) is 5.06 Å². The van der Waals surface area contributed by atoms with Crippen molar-refractivity contribution in [3.63, 3.8) is 0 Å². The number of carbonyl (C=O) groups excluding carboxylic acids is 2. The van der Waals surface area contributed by atoms with Crippen molar-refractivity contribution in [2.75, 3.05) is 26.2 Å². The van der Waals surface area contributed by atoms with E-state index in [0.717, 1.165) is 43.8 Å². The highest BCUT2D eigenvalue weighted by Crippen LogP contribution is 2.32. The molecule has 0 radical (unpaired) electrons. The van der Waals surface area contributed by atoms with Crippen LogP contribution in [0.4, 0.5) is 4.79 Å². The van der Waals surface area contributed by atoms with E-state index in [2.05, 4.69) is 10.2 Å². The van der Waals surface area contributed by atoms with Crippen molar-refractivity contribution in [2.24, 2.45) is 5.92 Å². The number of benzene rings is 1. The first-order chi connectivity index (χ1) is 14.7. The van der Waals surface area contributed by atoms with Crippen molar-refractivity contribution in [2.45, 2.75) is 63.3 Å². The number of urea groups is 1. The van der Waals surface area contributed by atoms with E-state index in [1.807, 2.05) is 30.3 Å². The molecule has 1 aliphatic carbocycles. The Hall–Kier alpha value is -2.12. The number of amides is 3. The summed E-state index contributed by atoms with van der Waals surface area (Å²) in [5.74, 6) is 0.923. The second-order valence-electron chi connectivity index (χ2n) is 9.29. The highest BCUT2D eigenvalue weighted by Gasteiger charge is 2.48.